The molecule has 8 nitrogen and oxygen atoms in total. The van der Waals surface area contributed by atoms with Gasteiger partial charge in [0.15, 0.2) is 11.0 Å². The number of hydrogen-bond acceptors (Lipinski definition) is 8. The van der Waals surface area contributed by atoms with Gasteiger partial charge in [0.2, 0.25) is 4.96 Å². The minimum absolute atomic E-state index is 0.00569. The number of nitrogens with one attached hydrogen (secondary N) is 1. The van der Waals surface area contributed by atoms with Gasteiger partial charge in [0, 0.05) is 22.4 Å². The Hall–Kier alpha value is -5.08. The van der Waals surface area contributed by atoms with Crippen LogP contribution in [0.25, 0.3) is 49.3 Å². The van der Waals surface area contributed by atoms with Crippen molar-refractivity contribution in [3.8, 4) is 50.4 Å². The van der Waals surface area contributed by atoms with Crippen molar-refractivity contribution in [3.63, 3.8) is 0 Å². The van der Waals surface area contributed by atoms with Crippen LogP contribution in [0.2, 0.25) is 5.02 Å². The average Bonchev–Trinajstić information content (AvgIpc) is 3.66. The molecule has 3 heterocycles. The van der Waals surface area contributed by atoms with E-state index in [4.69, 9.17) is 16.7 Å². The molecule has 44 heavy (non-hydrogen) atoms. The van der Waals surface area contributed by atoms with E-state index in [-0.39, 0.29) is 5.56 Å². The van der Waals surface area contributed by atoms with Crippen molar-refractivity contribution in [1.29, 1.82) is 5.26 Å². The Morgan fingerprint density at radius 2 is 1.52 bits per heavy atom. The van der Waals surface area contributed by atoms with Crippen LogP contribution in [0.1, 0.15) is 11.1 Å². The Morgan fingerprint density at radius 3 is 2.27 bits per heavy atom. The fourth-order valence-electron chi connectivity index (χ4n) is 4.72. The third-order valence-electron chi connectivity index (χ3n) is 6.96. The Labute approximate surface area is 264 Å². The Bertz CT molecular complexity index is 2220. The van der Waals surface area contributed by atoms with Gasteiger partial charge in [-0.2, -0.15) is 14.9 Å². The number of halogens is 1. The minimum atomic E-state index is -0.457. The van der Waals surface area contributed by atoms with Gasteiger partial charge in [0.25, 0.3) is 5.56 Å². The molecule has 1 N–H and O–H groups in total. The summed E-state index contributed by atoms with van der Waals surface area (Å²) in [5, 5.41) is 24.8. The van der Waals surface area contributed by atoms with E-state index in [2.05, 4.69) is 20.2 Å². The topological polar surface area (TPSA) is 113 Å². The van der Waals surface area contributed by atoms with Crippen LogP contribution in [0.3, 0.4) is 0 Å². The zero-order chi connectivity index (χ0) is 30.0. The van der Waals surface area contributed by atoms with E-state index in [1.54, 1.807) is 4.52 Å². The third-order valence-corrected chi connectivity index (χ3v) is 9.18. The number of nitrogens with zero attached hydrogens (tertiary/aromatic N) is 6. The molecule has 0 unspecified atom stereocenters. The highest BCUT2D eigenvalue weighted by molar-refractivity contribution is 7.98. The lowest BCUT2D eigenvalue weighted by atomic mass is 10.0. The number of hydrogen-bond donors (Lipinski definition) is 1. The number of aromatic nitrogens is 6. The zero-order valence-electron chi connectivity index (χ0n) is 22.8. The lowest BCUT2D eigenvalue weighted by Crippen LogP contribution is -2.14. The van der Waals surface area contributed by atoms with Crippen LogP contribution in [-0.2, 0) is 5.75 Å². The first-order chi connectivity index (χ1) is 21.6. The monoisotopic (exact) mass is 629 g/mol. The summed E-state index contributed by atoms with van der Waals surface area (Å²) in [7, 11) is 0. The van der Waals surface area contributed by atoms with Crippen molar-refractivity contribution < 1.29 is 0 Å². The van der Waals surface area contributed by atoms with Crippen LogP contribution >= 0.6 is 34.7 Å². The van der Waals surface area contributed by atoms with Crippen LogP contribution in [0.4, 0.5) is 0 Å². The van der Waals surface area contributed by atoms with E-state index in [1.165, 1.54) is 23.1 Å². The van der Waals surface area contributed by atoms with Gasteiger partial charge in [-0.15, -0.1) is 10.2 Å². The normalized spacial score (nSPS) is 11.1. The smallest absolute Gasteiger partial charge is 0.270 e. The van der Waals surface area contributed by atoms with E-state index in [0.717, 1.165) is 32.8 Å². The predicted octanol–water partition coefficient (Wildman–Crippen LogP) is 7.75. The van der Waals surface area contributed by atoms with Gasteiger partial charge in [-0.3, -0.25) is 4.79 Å². The van der Waals surface area contributed by atoms with Crippen molar-refractivity contribution in [3.05, 3.63) is 130 Å². The Kier molecular flexibility index (Phi) is 7.50. The van der Waals surface area contributed by atoms with E-state index in [1.807, 2.05) is 109 Å². The van der Waals surface area contributed by atoms with Crippen LogP contribution in [-0.4, -0.2) is 29.8 Å². The lowest BCUT2D eigenvalue weighted by Gasteiger charge is -2.08. The van der Waals surface area contributed by atoms with E-state index in [0.29, 0.717) is 38.0 Å². The van der Waals surface area contributed by atoms with Gasteiger partial charge in [0.1, 0.15) is 16.6 Å². The fraction of sp³-hybridized carbons (Fsp3) is 0.0303. The summed E-state index contributed by atoms with van der Waals surface area (Å²) in [6, 6.07) is 35.3. The molecule has 212 valence electrons. The second kappa shape index (κ2) is 11.9. The van der Waals surface area contributed by atoms with Crippen LogP contribution in [0.15, 0.2) is 113 Å². The highest BCUT2D eigenvalue weighted by atomic mass is 35.5. The number of aromatic amines is 1. The molecular weight excluding hydrogens is 610 g/mol. The molecule has 0 amide bonds. The van der Waals surface area contributed by atoms with Crippen LogP contribution in [0.5, 0.6) is 0 Å². The Morgan fingerprint density at radius 1 is 0.841 bits per heavy atom. The van der Waals surface area contributed by atoms with Gasteiger partial charge >= 0.3 is 0 Å². The molecule has 7 rings (SSSR count). The number of nitriles is 1. The van der Waals surface area contributed by atoms with Gasteiger partial charge < -0.3 is 4.98 Å². The van der Waals surface area contributed by atoms with Crippen molar-refractivity contribution in [2.45, 2.75) is 10.9 Å². The molecule has 0 saturated heterocycles. The molecule has 0 aliphatic heterocycles. The standard InChI is InChI=1S/C33H20ClN7OS2/c34-27-9-5-4-8-25(27)29-38-39-33-41(29)40-31(44-33)24-12-10-20(11-13-24)19-43-32-36-28(26(18-35)30(42)37-32)23-16-14-22(15-17-23)21-6-2-1-3-7-21/h1-17H,19H2,(H,36,37,42). The molecule has 0 fully saturated rings. The summed E-state index contributed by atoms with van der Waals surface area (Å²) in [6.45, 7) is 0. The molecule has 0 aliphatic rings. The molecule has 7 aromatic rings. The highest BCUT2D eigenvalue weighted by Crippen LogP contribution is 2.32. The molecule has 0 aliphatic carbocycles. The van der Waals surface area contributed by atoms with Gasteiger partial charge in [-0.1, -0.05) is 126 Å². The first-order valence-electron chi connectivity index (χ1n) is 13.5. The van der Waals surface area contributed by atoms with Crippen molar-refractivity contribution >= 4 is 39.7 Å². The summed E-state index contributed by atoms with van der Waals surface area (Å²) in [5.41, 5.74) is 5.51. The summed E-state index contributed by atoms with van der Waals surface area (Å²) in [5.74, 6) is 1.17. The maximum Gasteiger partial charge on any atom is 0.270 e. The molecule has 3 aromatic heterocycles. The largest absolute Gasteiger partial charge is 0.300 e. The second-order valence-corrected chi connectivity index (χ2v) is 12.1. The molecule has 0 bridgehead atoms. The van der Waals surface area contributed by atoms with E-state index >= 15 is 0 Å². The highest BCUT2D eigenvalue weighted by Gasteiger charge is 2.17. The van der Waals surface area contributed by atoms with Crippen LogP contribution < -0.4 is 5.56 Å². The number of thioether (sulfide) groups is 1. The molecule has 11 heteroatoms. The number of fused-ring (bicyclic) bond motifs is 1. The van der Waals surface area contributed by atoms with Crippen LogP contribution in [0, 0.1) is 11.3 Å². The first-order valence-corrected chi connectivity index (χ1v) is 15.6. The summed E-state index contributed by atoms with van der Waals surface area (Å²) >= 11 is 9.22. The number of rotatable bonds is 7. The second-order valence-electron chi connectivity index (χ2n) is 9.74. The molecule has 4 aromatic carbocycles. The average molecular weight is 630 g/mol. The zero-order valence-corrected chi connectivity index (χ0v) is 25.2. The molecule has 0 radical (unpaired) electrons. The summed E-state index contributed by atoms with van der Waals surface area (Å²) in [6.07, 6.45) is 0. The summed E-state index contributed by atoms with van der Waals surface area (Å²) < 4.78 is 1.71. The summed E-state index contributed by atoms with van der Waals surface area (Å²) in [4.78, 5) is 20.9. The molecule has 0 atom stereocenters. The molecule has 0 spiro atoms. The minimum Gasteiger partial charge on any atom is -0.300 e. The maximum atomic E-state index is 12.8. The number of H-pyrrole nitrogens is 1. The number of benzene rings is 4. The predicted molar refractivity (Wildman–Crippen MR) is 175 cm³/mol. The lowest BCUT2D eigenvalue weighted by molar-refractivity contribution is 0.934. The van der Waals surface area contributed by atoms with Crippen molar-refractivity contribution in [2.24, 2.45) is 0 Å². The quantitative estimate of drug-likeness (QED) is 0.142. The molecular formula is C33H20ClN7OS2. The first kappa shape index (κ1) is 27.7. The third kappa shape index (κ3) is 5.40. The van der Waals surface area contributed by atoms with Gasteiger partial charge in [-0.25, -0.2) is 4.98 Å². The van der Waals surface area contributed by atoms with Gasteiger partial charge in [-0.05, 0) is 28.8 Å². The maximum absolute atomic E-state index is 12.8. The van der Waals surface area contributed by atoms with Crippen molar-refractivity contribution in [2.75, 3.05) is 0 Å². The van der Waals surface area contributed by atoms with E-state index in [9.17, 15) is 10.1 Å². The fourth-order valence-corrected chi connectivity index (χ4v) is 6.61. The molecule has 0 saturated carbocycles. The van der Waals surface area contributed by atoms with Crippen molar-refractivity contribution in [1.82, 2.24) is 29.8 Å². The van der Waals surface area contributed by atoms with Gasteiger partial charge in [0.05, 0.1) is 10.7 Å². The Balaban J connectivity index is 1.09. The van der Waals surface area contributed by atoms with E-state index < -0.39 is 5.56 Å². The SMILES string of the molecule is N#Cc1c(-c2ccc(-c3ccccc3)cc2)nc(SCc2ccc(-c3nn4c(-c5ccccc5Cl)nnc4s3)cc2)[nH]c1=O.